The second-order valence-corrected chi connectivity index (χ2v) is 4.72. The third kappa shape index (κ3) is 2.82. The van der Waals surface area contributed by atoms with Crippen molar-refractivity contribution in [1.82, 2.24) is 0 Å². The zero-order chi connectivity index (χ0) is 13.0. The molecule has 90 valence electrons. The van der Waals surface area contributed by atoms with Crippen LogP contribution in [0.2, 0.25) is 0 Å². The van der Waals surface area contributed by atoms with Crippen LogP contribution in [0.15, 0.2) is 46.9 Å². The first-order chi connectivity index (χ1) is 8.70. The van der Waals surface area contributed by atoms with Crippen molar-refractivity contribution in [2.75, 3.05) is 11.1 Å². The van der Waals surface area contributed by atoms with Gasteiger partial charge in [-0.3, -0.25) is 0 Å². The topological polar surface area (TPSA) is 61.8 Å². The average Bonchev–Trinajstić information content (AvgIpc) is 2.38. The Morgan fingerprint density at radius 3 is 2.56 bits per heavy atom. The van der Waals surface area contributed by atoms with Crippen molar-refractivity contribution in [3.8, 4) is 6.07 Å². The summed E-state index contributed by atoms with van der Waals surface area (Å²) in [7, 11) is 0. The van der Waals surface area contributed by atoms with Gasteiger partial charge in [-0.1, -0.05) is 18.2 Å². The van der Waals surface area contributed by atoms with Gasteiger partial charge in [0.1, 0.15) is 6.07 Å². The van der Waals surface area contributed by atoms with Crippen LogP contribution in [0.4, 0.5) is 11.4 Å². The number of anilines is 2. The summed E-state index contributed by atoms with van der Waals surface area (Å²) in [5.74, 6) is 0. The van der Waals surface area contributed by atoms with Gasteiger partial charge in [0.25, 0.3) is 0 Å². The number of nitrogens with two attached hydrogens (primary N) is 1. The van der Waals surface area contributed by atoms with E-state index in [4.69, 9.17) is 11.0 Å². The predicted molar refractivity (Wildman–Crippen MR) is 77.0 cm³/mol. The van der Waals surface area contributed by atoms with E-state index in [0.717, 1.165) is 21.4 Å². The maximum absolute atomic E-state index is 9.10. The fourth-order valence-electron chi connectivity index (χ4n) is 1.62. The van der Waals surface area contributed by atoms with Gasteiger partial charge in [-0.2, -0.15) is 5.26 Å². The summed E-state index contributed by atoms with van der Waals surface area (Å²) >= 11 is 3.36. The second kappa shape index (κ2) is 5.56. The van der Waals surface area contributed by atoms with Gasteiger partial charge >= 0.3 is 0 Å². The van der Waals surface area contributed by atoms with Crippen LogP contribution in [0.25, 0.3) is 0 Å². The summed E-state index contributed by atoms with van der Waals surface area (Å²) in [6.07, 6.45) is 0. The third-order valence-electron chi connectivity index (χ3n) is 2.59. The van der Waals surface area contributed by atoms with Crippen LogP contribution >= 0.6 is 15.9 Å². The van der Waals surface area contributed by atoms with Crippen LogP contribution in [0.3, 0.4) is 0 Å². The van der Waals surface area contributed by atoms with Crippen LogP contribution in [-0.2, 0) is 6.54 Å². The maximum Gasteiger partial charge on any atom is 0.103 e. The Morgan fingerprint density at radius 1 is 1.17 bits per heavy atom. The minimum atomic E-state index is 0.618. The highest BCUT2D eigenvalue weighted by atomic mass is 79.9. The minimum Gasteiger partial charge on any atom is -0.399 e. The van der Waals surface area contributed by atoms with E-state index in [-0.39, 0.29) is 0 Å². The van der Waals surface area contributed by atoms with Crippen molar-refractivity contribution in [2.24, 2.45) is 0 Å². The van der Waals surface area contributed by atoms with Gasteiger partial charge in [-0.25, -0.2) is 0 Å². The Balaban J connectivity index is 2.14. The number of rotatable bonds is 3. The molecule has 0 atom stereocenters. The van der Waals surface area contributed by atoms with E-state index in [2.05, 4.69) is 27.3 Å². The molecule has 0 fully saturated rings. The first-order valence-corrected chi connectivity index (χ1v) is 6.27. The highest BCUT2D eigenvalue weighted by Crippen LogP contribution is 2.24. The molecule has 0 bridgehead atoms. The lowest BCUT2D eigenvalue weighted by molar-refractivity contribution is 1.15. The molecule has 0 radical (unpaired) electrons. The van der Waals surface area contributed by atoms with Crippen LogP contribution in [0.5, 0.6) is 0 Å². The Kier molecular flexibility index (Phi) is 3.85. The van der Waals surface area contributed by atoms with E-state index < -0.39 is 0 Å². The molecule has 0 spiro atoms. The molecule has 0 aliphatic carbocycles. The Hall–Kier alpha value is -1.99. The van der Waals surface area contributed by atoms with Gasteiger partial charge in [-0.15, -0.1) is 0 Å². The van der Waals surface area contributed by atoms with E-state index in [9.17, 15) is 0 Å². The van der Waals surface area contributed by atoms with Crippen LogP contribution < -0.4 is 11.1 Å². The number of benzene rings is 2. The average molecular weight is 302 g/mol. The lowest BCUT2D eigenvalue weighted by atomic mass is 10.1. The van der Waals surface area contributed by atoms with Gasteiger partial charge in [-0.05, 0) is 45.8 Å². The van der Waals surface area contributed by atoms with Gasteiger partial charge in [0.15, 0.2) is 0 Å². The molecular formula is C14H12BrN3. The first kappa shape index (κ1) is 12.5. The van der Waals surface area contributed by atoms with Crippen LogP contribution in [0.1, 0.15) is 11.1 Å². The van der Waals surface area contributed by atoms with Crippen molar-refractivity contribution in [2.45, 2.75) is 6.54 Å². The number of nitrogen functional groups attached to an aromatic ring is 1. The number of halogens is 1. The van der Waals surface area contributed by atoms with E-state index >= 15 is 0 Å². The van der Waals surface area contributed by atoms with Gasteiger partial charge in [0.05, 0.1) is 11.3 Å². The fourth-order valence-corrected chi connectivity index (χ4v) is 2.07. The first-order valence-electron chi connectivity index (χ1n) is 5.47. The van der Waals surface area contributed by atoms with Crippen molar-refractivity contribution >= 4 is 27.3 Å². The van der Waals surface area contributed by atoms with Gasteiger partial charge in [0.2, 0.25) is 0 Å². The predicted octanol–water partition coefficient (Wildman–Crippen LogP) is 3.52. The monoisotopic (exact) mass is 301 g/mol. The summed E-state index contributed by atoms with van der Waals surface area (Å²) in [6, 6.07) is 15.5. The standard InChI is InChI=1S/C14H12BrN3/c15-13-2-1-3-14(12(13)8-16)18-9-10-4-6-11(17)7-5-10/h1-7,18H,9,17H2. The number of hydrogen-bond donors (Lipinski definition) is 2. The SMILES string of the molecule is N#Cc1c(Br)cccc1NCc1ccc(N)cc1. The molecule has 0 saturated heterocycles. The molecule has 0 saturated carbocycles. The van der Waals surface area contributed by atoms with Crippen LogP contribution in [0, 0.1) is 11.3 Å². The second-order valence-electron chi connectivity index (χ2n) is 3.87. The normalized spacial score (nSPS) is 9.78. The molecule has 2 aromatic rings. The zero-order valence-corrected chi connectivity index (χ0v) is 11.2. The summed E-state index contributed by atoms with van der Waals surface area (Å²) in [5, 5.41) is 12.3. The number of nitriles is 1. The highest BCUT2D eigenvalue weighted by molar-refractivity contribution is 9.10. The van der Waals surface area contributed by atoms with Crippen LogP contribution in [-0.4, -0.2) is 0 Å². The molecule has 0 unspecified atom stereocenters. The lowest BCUT2D eigenvalue weighted by Crippen LogP contribution is -2.01. The quantitative estimate of drug-likeness (QED) is 0.853. The van der Waals surface area contributed by atoms with E-state index in [0.29, 0.717) is 12.1 Å². The molecule has 2 aromatic carbocycles. The van der Waals surface area contributed by atoms with E-state index in [1.165, 1.54) is 0 Å². The number of nitrogens with zero attached hydrogens (tertiary/aromatic N) is 1. The summed E-state index contributed by atoms with van der Waals surface area (Å²) in [5.41, 5.74) is 8.94. The Labute approximate surface area is 114 Å². The molecule has 0 amide bonds. The largest absolute Gasteiger partial charge is 0.399 e. The molecule has 3 nitrogen and oxygen atoms in total. The smallest absolute Gasteiger partial charge is 0.103 e. The number of hydrogen-bond acceptors (Lipinski definition) is 3. The molecular weight excluding hydrogens is 290 g/mol. The van der Waals surface area contributed by atoms with Crippen molar-refractivity contribution in [1.29, 1.82) is 5.26 Å². The van der Waals surface area contributed by atoms with Gasteiger partial charge < -0.3 is 11.1 Å². The molecule has 0 heterocycles. The van der Waals surface area contributed by atoms with Gasteiger partial charge in [0, 0.05) is 16.7 Å². The van der Waals surface area contributed by atoms with Crippen molar-refractivity contribution in [3.05, 3.63) is 58.1 Å². The molecule has 4 heteroatoms. The molecule has 0 aliphatic heterocycles. The highest BCUT2D eigenvalue weighted by Gasteiger charge is 2.05. The fraction of sp³-hybridized carbons (Fsp3) is 0.0714. The van der Waals surface area contributed by atoms with E-state index in [1.54, 1.807) is 0 Å². The third-order valence-corrected chi connectivity index (χ3v) is 3.25. The maximum atomic E-state index is 9.10. The van der Waals surface area contributed by atoms with Crippen molar-refractivity contribution < 1.29 is 0 Å². The van der Waals surface area contributed by atoms with Crippen molar-refractivity contribution in [3.63, 3.8) is 0 Å². The molecule has 0 aromatic heterocycles. The van der Waals surface area contributed by atoms with E-state index in [1.807, 2.05) is 42.5 Å². The zero-order valence-electron chi connectivity index (χ0n) is 9.65. The summed E-state index contributed by atoms with van der Waals surface area (Å²) in [6.45, 7) is 0.658. The lowest BCUT2D eigenvalue weighted by Gasteiger charge is -2.09. The molecule has 3 N–H and O–H groups in total. The summed E-state index contributed by atoms with van der Waals surface area (Å²) in [4.78, 5) is 0. The molecule has 2 rings (SSSR count). The Morgan fingerprint density at radius 2 is 1.89 bits per heavy atom. The Bertz CT molecular complexity index is 585. The summed E-state index contributed by atoms with van der Waals surface area (Å²) < 4.78 is 0.798. The molecule has 0 aliphatic rings. The molecule has 18 heavy (non-hydrogen) atoms. The minimum absolute atomic E-state index is 0.618. The number of nitrogens with one attached hydrogen (secondary N) is 1.